The zero-order valence-corrected chi connectivity index (χ0v) is 12.0. The normalized spacial score (nSPS) is 10.8. The van der Waals surface area contributed by atoms with Crippen LogP contribution in [-0.4, -0.2) is 31.1 Å². The molecule has 8 nitrogen and oxygen atoms in total. The van der Waals surface area contributed by atoms with Crippen LogP contribution in [0.15, 0.2) is 23.9 Å². The number of esters is 2. The lowest BCUT2D eigenvalue weighted by molar-refractivity contribution is -0.384. The zero-order chi connectivity index (χ0) is 16.9. The van der Waals surface area contributed by atoms with Gasteiger partial charge in [-0.1, -0.05) is 0 Å². The molecule has 0 atom stereocenters. The molecule has 1 rings (SSSR count). The lowest BCUT2D eigenvalue weighted by Crippen LogP contribution is -2.17. The maximum atomic E-state index is 14.1. The van der Waals surface area contributed by atoms with E-state index in [1.807, 2.05) is 0 Å². The lowest BCUT2D eigenvalue weighted by atomic mass is 10.1. The molecule has 9 heteroatoms. The Kier molecular flexibility index (Phi) is 5.56. The highest BCUT2D eigenvalue weighted by Crippen LogP contribution is 2.30. The average Bonchev–Trinajstić information content (AvgIpc) is 2.49. The van der Waals surface area contributed by atoms with E-state index in [4.69, 9.17) is 0 Å². The van der Waals surface area contributed by atoms with E-state index in [-0.39, 0.29) is 5.56 Å². The van der Waals surface area contributed by atoms with Crippen molar-refractivity contribution >= 4 is 23.3 Å². The molecule has 0 heterocycles. The van der Waals surface area contributed by atoms with Crippen LogP contribution in [-0.2, 0) is 19.1 Å². The molecular formula is C13H13FN2O6. The maximum absolute atomic E-state index is 14.1. The van der Waals surface area contributed by atoms with Crippen molar-refractivity contribution < 1.29 is 28.4 Å². The van der Waals surface area contributed by atoms with E-state index in [1.165, 1.54) is 13.0 Å². The largest absolute Gasteiger partial charge is 0.466 e. The van der Waals surface area contributed by atoms with E-state index in [0.29, 0.717) is 6.08 Å². The Balaban J connectivity index is 3.38. The first-order valence-corrected chi connectivity index (χ1v) is 5.90. The highest BCUT2D eigenvalue weighted by molar-refractivity contribution is 5.99. The quantitative estimate of drug-likeness (QED) is 0.381. The fraction of sp³-hybridized carbons (Fsp3) is 0.231. The molecule has 0 aliphatic rings. The van der Waals surface area contributed by atoms with Gasteiger partial charge in [0.15, 0.2) is 11.5 Å². The predicted octanol–water partition coefficient (Wildman–Crippen LogP) is 1.68. The van der Waals surface area contributed by atoms with Gasteiger partial charge in [-0.3, -0.25) is 10.1 Å². The predicted molar refractivity (Wildman–Crippen MR) is 73.5 cm³/mol. The molecule has 0 unspecified atom stereocenters. The van der Waals surface area contributed by atoms with Gasteiger partial charge in [-0.05, 0) is 18.6 Å². The van der Waals surface area contributed by atoms with Gasteiger partial charge in [0.2, 0.25) is 0 Å². The summed E-state index contributed by atoms with van der Waals surface area (Å²) >= 11 is 0. The fourth-order valence-electron chi connectivity index (χ4n) is 1.51. The second-order valence-corrected chi connectivity index (χ2v) is 4.05. The first kappa shape index (κ1) is 17.1. The summed E-state index contributed by atoms with van der Waals surface area (Å²) in [5.41, 5.74) is -1.52. The Morgan fingerprint density at radius 1 is 1.32 bits per heavy atom. The molecule has 1 N–H and O–H groups in total. The first-order valence-electron chi connectivity index (χ1n) is 5.90. The lowest BCUT2D eigenvalue weighted by Gasteiger charge is -2.11. The van der Waals surface area contributed by atoms with Crippen LogP contribution in [0.1, 0.15) is 5.56 Å². The zero-order valence-electron chi connectivity index (χ0n) is 12.0. The number of rotatable bonds is 5. The van der Waals surface area contributed by atoms with Gasteiger partial charge in [0.05, 0.1) is 25.2 Å². The molecule has 0 saturated carbocycles. The van der Waals surface area contributed by atoms with Crippen LogP contribution in [0.3, 0.4) is 0 Å². The van der Waals surface area contributed by atoms with Gasteiger partial charge in [0.25, 0.3) is 5.69 Å². The highest BCUT2D eigenvalue weighted by Gasteiger charge is 2.23. The molecule has 22 heavy (non-hydrogen) atoms. The number of carbonyl (C=O) groups is 2. The molecule has 0 amide bonds. The minimum absolute atomic E-state index is 0.121. The number of nitrogens with zero attached hydrogens (tertiary/aromatic N) is 1. The van der Waals surface area contributed by atoms with Crippen molar-refractivity contribution in [1.82, 2.24) is 0 Å². The molecule has 1 aromatic rings. The van der Waals surface area contributed by atoms with Crippen LogP contribution in [0.4, 0.5) is 15.8 Å². The number of benzene rings is 1. The Morgan fingerprint density at radius 3 is 2.45 bits per heavy atom. The minimum atomic E-state index is -1.01. The summed E-state index contributed by atoms with van der Waals surface area (Å²) in [5, 5.41) is 13.2. The van der Waals surface area contributed by atoms with E-state index in [2.05, 4.69) is 14.8 Å². The number of nitro benzene ring substituents is 1. The van der Waals surface area contributed by atoms with Crippen molar-refractivity contribution in [2.75, 3.05) is 19.5 Å². The molecule has 0 saturated heterocycles. The topological polar surface area (TPSA) is 108 Å². The van der Waals surface area contributed by atoms with Gasteiger partial charge < -0.3 is 14.8 Å². The number of nitrogens with one attached hydrogen (secondary N) is 1. The Morgan fingerprint density at radius 2 is 1.95 bits per heavy atom. The standard InChI is InChI=1S/C13H13FN2O6/c1-7-4-5-9(16(19)20)12(11(7)14)15-8(13(18)22-3)6-10(17)21-2/h4-6,15H,1-3H3/b8-6+. The number of nitro groups is 1. The third-order valence-electron chi connectivity index (χ3n) is 2.64. The van der Waals surface area contributed by atoms with E-state index < -0.39 is 39.8 Å². The number of methoxy groups -OCH3 is 2. The summed E-state index contributed by atoms with van der Waals surface area (Å²) in [6, 6.07) is 2.30. The summed E-state index contributed by atoms with van der Waals surface area (Å²) in [6.45, 7) is 1.39. The molecule has 0 bridgehead atoms. The van der Waals surface area contributed by atoms with E-state index in [0.717, 1.165) is 20.3 Å². The van der Waals surface area contributed by atoms with Gasteiger partial charge in [-0.15, -0.1) is 0 Å². The van der Waals surface area contributed by atoms with Crippen molar-refractivity contribution in [1.29, 1.82) is 0 Å². The summed E-state index contributed by atoms with van der Waals surface area (Å²) in [5.74, 6) is -2.85. The number of anilines is 1. The number of ether oxygens (including phenoxy) is 2. The van der Waals surface area contributed by atoms with Crippen LogP contribution < -0.4 is 5.32 Å². The van der Waals surface area contributed by atoms with Gasteiger partial charge in [0, 0.05) is 6.07 Å². The fourth-order valence-corrected chi connectivity index (χ4v) is 1.51. The highest BCUT2D eigenvalue weighted by atomic mass is 19.1. The number of hydrogen-bond donors (Lipinski definition) is 1. The monoisotopic (exact) mass is 312 g/mol. The first-order chi connectivity index (χ1) is 10.3. The molecule has 0 radical (unpaired) electrons. The second-order valence-electron chi connectivity index (χ2n) is 4.05. The van der Waals surface area contributed by atoms with Crippen molar-refractivity contribution in [3.63, 3.8) is 0 Å². The van der Waals surface area contributed by atoms with E-state index in [9.17, 15) is 24.1 Å². The van der Waals surface area contributed by atoms with Gasteiger partial charge >= 0.3 is 11.9 Å². The third-order valence-corrected chi connectivity index (χ3v) is 2.64. The van der Waals surface area contributed by atoms with Gasteiger partial charge in [-0.25, -0.2) is 14.0 Å². The van der Waals surface area contributed by atoms with Crippen molar-refractivity contribution in [3.8, 4) is 0 Å². The maximum Gasteiger partial charge on any atom is 0.354 e. The van der Waals surface area contributed by atoms with Crippen LogP contribution in [0.5, 0.6) is 0 Å². The number of carbonyl (C=O) groups excluding carboxylic acids is 2. The summed E-state index contributed by atoms with van der Waals surface area (Å²) in [4.78, 5) is 33.0. The number of aryl methyl sites for hydroxylation is 1. The molecule has 118 valence electrons. The van der Waals surface area contributed by atoms with Crippen molar-refractivity contribution in [3.05, 3.63) is 45.4 Å². The molecule has 1 aromatic carbocycles. The summed E-state index contributed by atoms with van der Waals surface area (Å²) < 4.78 is 22.9. The third kappa shape index (κ3) is 3.78. The molecule has 0 aliphatic carbocycles. The van der Waals surface area contributed by atoms with Crippen LogP contribution in [0.25, 0.3) is 0 Å². The number of hydrogen-bond acceptors (Lipinski definition) is 7. The molecule has 0 spiro atoms. The van der Waals surface area contributed by atoms with Crippen LogP contribution in [0.2, 0.25) is 0 Å². The van der Waals surface area contributed by atoms with Gasteiger partial charge in [0.1, 0.15) is 5.70 Å². The Labute approximate surface area is 124 Å². The average molecular weight is 312 g/mol. The second kappa shape index (κ2) is 7.16. The van der Waals surface area contributed by atoms with Gasteiger partial charge in [-0.2, -0.15) is 0 Å². The Bertz CT molecular complexity index is 656. The molecule has 0 fully saturated rings. The molecule has 0 aliphatic heterocycles. The van der Waals surface area contributed by atoms with Crippen molar-refractivity contribution in [2.45, 2.75) is 6.92 Å². The van der Waals surface area contributed by atoms with E-state index >= 15 is 0 Å². The molecular weight excluding hydrogens is 299 g/mol. The van der Waals surface area contributed by atoms with Crippen LogP contribution in [0, 0.1) is 22.9 Å². The number of halogens is 1. The summed E-state index contributed by atoms with van der Waals surface area (Å²) in [6.07, 6.45) is 0.706. The van der Waals surface area contributed by atoms with Crippen LogP contribution >= 0.6 is 0 Å². The van der Waals surface area contributed by atoms with E-state index in [1.54, 1.807) is 0 Å². The SMILES string of the molecule is COC(=O)/C=C(/Nc1c([N+](=O)[O-])ccc(C)c1F)C(=O)OC. The summed E-state index contributed by atoms with van der Waals surface area (Å²) in [7, 11) is 2.11. The molecule has 0 aromatic heterocycles. The Hall–Kier alpha value is -2.97. The smallest absolute Gasteiger partial charge is 0.354 e. The van der Waals surface area contributed by atoms with Crippen molar-refractivity contribution in [2.24, 2.45) is 0 Å². The minimum Gasteiger partial charge on any atom is -0.466 e.